The SMILES string of the molecule is COc1ccc(C)cc1-c1nc(CC(=O)O)cn1C. The van der Waals surface area contributed by atoms with E-state index < -0.39 is 5.97 Å². The summed E-state index contributed by atoms with van der Waals surface area (Å²) in [5.41, 5.74) is 2.49. The van der Waals surface area contributed by atoms with Crippen LogP contribution in [0.25, 0.3) is 11.4 Å². The number of carbonyl (C=O) groups is 1. The summed E-state index contributed by atoms with van der Waals surface area (Å²) in [4.78, 5) is 15.1. The monoisotopic (exact) mass is 260 g/mol. The van der Waals surface area contributed by atoms with E-state index in [4.69, 9.17) is 9.84 Å². The molecular formula is C14H16N2O3. The van der Waals surface area contributed by atoms with Gasteiger partial charge in [-0.2, -0.15) is 0 Å². The molecule has 2 aromatic rings. The molecule has 0 saturated carbocycles. The molecule has 1 heterocycles. The van der Waals surface area contributed by atoms with Gasteiger partial charge in [0, 0.05) is 13.2 Å². The van der Waals surface area contributed by atoms with Crippen LogP contribution in [0.4, 0.5) is 0 Å². The topological polar surface area (TPSA) is 64.3 Å². The van der Waals surface area contributed by atoms with Crippen LogP contribution in [0.2, 0.25) is 0 Å². The molecule has 0 atom stereocenters. The Morgan fingerprint density at radius 1 is 1.47 bits per heavy atom. The summed E-state index contributed by atoms with van der Waals surface area (Å²) in [7, 11) is 3.45. The van der Waals surface area contributed by atoms with Gasteiger partial charge in [0.2, 0.25) is 0 Å². The molecule has 5 heteroatoms. The van der Waals surface area contributed by atoms with E-state index in [-0.39, 0.29) is 6.42 Å². The third-order valence-corrected chi connectivity index (χ3v) is 2.85. The number of aliphatic carboxylic acids is 1. The van der Waals surface area contributed by atoms with E-state index >= 15 is 0 Å². The highest BCUT2D eigenvalue weighted by molar-refractivity contribution is 5.71. The molecule has 19 heavy (non-hydrogen) atoms. The average molecular weight is 260 g/mol. The summed E-state index contributed by atoms with van der Waals surface area (Å²) in [6, 6.07) is 5.82. The fourth-order valence-electron chi connectivity index (χ4n) is 2.02. The van der Waals surface area contributed by atoms with Crippen LogP contribution in [0.5, 0.6) is 5.75 Å². The summed E-state index contributed by atoms with van der Waals surface area (Å²) >= 11 is 0. The van der Waals surface area contributed by atoms with Crippen LogP contribution in [-0.4, -0.2) is 27.7 Å². The summed E-state index contributed by atoms with van der Waals surface area (Å²) < 4.78 is 7.15. The maximum atomic E-state index is 10.7. The molecule has 0 fully saturated rings. The van der Waals surface area contributed by atoms with Crippen molar-refractivity contribution < 1.29 is 14.6 Å². The van der Waals surface area contributed by atoms with Crippen LogP contribution >= 0.6 is 0 Å². The van der Waals surface area contributed by atoms with E-state index in [1.165, 1.54) is 0 Å². The van der Waals surface area contributed by atoms with Gasteiger partial charge >= 0.3 is 5.97 Å². The zero-order chi connectivity index (χ0) is 14.0. The number of nitrogens with zero attached hydrogens (tertiary/aromatic N) is 2. The number of carboxylic acids is 1. The fourth-order valence-corrected chi connectivity index (χ4v) is 2.02. The first kappa shape index (κ1) is 13.1. The van der Waals surface area contributed by atoms with Gasteiger partial charge in [-0.15, -0.1) is 0 Å². The summed E-state index contributed by atoms with van der Waals surface area (Å²) in [5, 5.41) is 8.81. The van der Waals surface area contributed by atoms with Crippen LogP contribution in [-0.2, 0) is 18.3 Å². The van der Waals surface area contributed by atoms with Crippen molar-refractivity contribution in [1.82, 2.24) is 9.55 Å². The molecule has 0 bridgehead atoms. The number of methoxy groups -OCH3 is 1. The van der Waals surface area contributed by atoms with Gasteiger partial charge in [0.25, 0.3) is 0 Å². The molecule has 0 unspecified atom stereocenters. The lowest BCUT2D eigenvalue weighted by atomic mass is 10.1. The Morgan fingerprint density at radius 3 is 2.84 bits per heavy atom. The largest absolute Gasteiger partial charge is 0.496 e. The minimum Gasteiger partial charge on any atom is -0.496 e. The second-order valence-corrected chi connectivity index (χ2v) is 4.44. The van der Waals surface area contributed by atoms with Gasteiger partial charge in [-0.05, 0) is 19.1 Å². The van der Waals surface area contributed by atoms with Crippen LogP contribution < -0.4 is 4.74 Å². The zero-order valence-corrected chi connectivity index (χ0v) is 11.2. The van der Waals surface area contributed by atoms with Crippen LogP contribution in [0.3, 0.4) is 0 Å². The number of hydrogen-bond acceptors (Lipinski definition) is 3. The van der Waals surface area contributed by atoms with E-state index in [2.05, 4.69) is 4.98 Å². The number of aryl methyl sites for hydroxylation is 2. The number of carboxylic acid groups (broad SMARTS) is 1. The Balaban J connectivity index is 2.49. The smallest absolute Gasteiger partial charge is 0.309 e. The Labute approximate surface area is 111 Å². The number of rotatable bonds is 4. The quantitative estimate of drug-likeness (QED) is 0.913. The molecule has 1 N–H and O–H groups in total. The third-order valence-electron chi connectivity index (χ3n) is 2.85. The molecular weight excluding hydrogens is 244 g/mol. The minimum absolute atomic E-state index is 0.0814. The van der Waals surface area contributed by atoms with Gasteiger partial charge in [-0.1, -0.05) is 11.6 Å². The molecule has 0 saturated heterocycles. The zero-order valence-electron chi connectivity index (χ0n) is 11.2. The van der Waals surface area contributed by atoms with E-state index in [0.717, 1.165) is 16.9 Å². The van der Waals surface area contributed by atoms with E-state index in [0.29, 0.717) is 11.5 Å². The van der Waals surface area contributed by atoms with Gasteiger partial charge in [0.05, 0.1) is 24.8 Å². The lowest BCUT2D eigenvalue weighted by Crippen LogP contribution is -2.00. The number of ether oxygens (including phenoxy) is 1. The summed E-state index contributed by atoms with van der Waals surface area (Å²) in [6.45, 7) is 1.99. The predicted octanol–water partition coefficient (Wildman–Crippen LogP) is 2.03. The molecule has 5 nitrogen and oxygen atoms in total. The second kappa shape index (κ2) is 5.14. The Kier molecular flexibility index (Phi) is 3.55. The Bertz CT molecular complexity index is 617. The maximum absolute atomic E-state index is 10.7. The molecule has 1 aromatic heterocycles. The summed E-state index contributed by atoms with van der Waals surface area (Å²) in [6.07, 6.45) is 1.65. The van der Waals surface area contributed by atoms with Crippen LogP contribution in [0.15, 0.2) is 24.4 Å². The number of imidazole rings is 1. The normalized spacial score (nSPS) is 10.5. The molecule has 0 spiro atoms. The van der Waals surface area contributed by atoms with Crippen molar-refractivity contribution in [3.63, 3.8) is 0 Å². The molecule has 0 amide bonds. The highest BCUT2D eigenvalue weighted by atomic mass is 16.5. The lowest BCUT2D eigenvalue weighted by Gasteiger charge is -2.09. The summed E-state index contributed by atoms with van der Waals surface area (Å²) in [5.74, 6) is 0.541. The second-order valence-electron chi connectivity index (χ2n) is 4.44. The van der Waals surface area contributed by atoms with Gasteiger partial charge in [-0.3, -0.25) is 4.79 Å². The molecule has 1 aromatic carbocycles. The molecule has 0 aliphatic heterocycles. The van der Waals surface area contributed by atoms with E-state index in [1.54, 1.807) is 13.3 Å². The fraction of sp³-hybridized carbons (Fsp3) is 0.286. The standard InChI is InChI=1S/C14H16N2O3/c1-9-4-5-12(19-3)11(6-9)14-15-10(7-13(17)18)8-16(14)2/h4-6,8H,7H2,1-3H3,(H,17,18). The van der Waals surface area contributed by atoms with Crippen molar-refractivity contribution in [3.05, 3.63) is 35.7 Å². The average Bonchev–Trinajstić information content (AvgIpc) is 2.69. The third kappa shape index (κ3) is 2.76. The van der Waals surface area contributed by atoms with Crippen molar-refractivity contribution in [2.24, 2.45) is 7.05 Å². The minimum atomic E-state index is -0.888. The maximum Gasteiger partial charge on any atom is 0.309 e. The molecule has 0 aliphatic carbocycles. The highest BCUT2D eigenvalue weighted by Crippen LogP contribution is 2.29. The molecule has 0 aliphatic rings. The first-order valence-corrected chi connectivity index (χ1v) is 5.90. The van der Waals surface area contributed by atoms with Crippen molar-refractivity contribution in [2.75, 3.05) is 7.11 Å². The molecule has 100 valence electrons. The first-order chi connectivity index (χ1) is 9.01. The number of aromatic nitrogens is 2. The van der Waals surface area contributed by atoms with Crippen LogP contribution in [0.1, 0.15) is 11.3 Å². The van der Waals surface area contributed by atoms with Crippen molar-refractivity contribution in [3.8, 4) is 17.1 Å². The molecule has 2 rings (SSSR count). The van der Waals surface area contributed by atoms with E-state index in [9.17, 15) is 4.79 Å². The van der Waals surface area contributed by atoms with E-state index in [1.807, 2.05) is 36.7 Å². The highest BCUT2D eigenvalue weighted by Gasteiger charge is 2.14. The number of hydrogen-bond donors (Lipinski definition) is 1. The van der Waals surface area contributed by atoms with Gasteiger partial charge < -0.3 is 14.4 Å². The number of benzene rings is 1. The van der Waals surface area contributed by atoms with Gasteiger partial charge in [-0.25, -0.2) is 4.98 Å². The first-order valence-electron chi connectivity index (χ1n) is 5.90. The van der Waals surface area contributed by atoms with Crippen molar-refractivity contribution >= 4 is 5.97 Å². The predicted molar refractivity (Wildman–Crippen MR) is 71.3 cm³/mol. The van der Waals surface area contributed by atoms with Gasteiger partial charge in [0.1, 0.15) is 11.6 Å². The van der Waals surface area contributed by atoms with Crippen molar-refractivity contribution in [2.45, 2.75) is 13.3 Å². The Morgan fingerprint density at radius 2 is 2.21 bits per heavy atom. The molecule has 0 radical (unpaired) electrons. The lowest BCUT2D eigenvalue weighted by molar-refractivity contribution is -0.136. The van der Waals surface area contributed by atoms with Gasteiger partial charge in [0.15, 0.2) is 0 Å². The van der Waals surface area contributed by atoms with Crippen molar-refractivity contribution in [1.29, 1.82) is 0 Å². The van der Waals surface area contributed by atoms with Crippen LogP contribution in [0, 0.1) is 6.92 Å². The Hall–Kier alpha value is -2.30.